The van der Waals surface area contributed by atoms with Crippen LogP contribution < -0.4 is 5.73 Å². The van der Waals surface area contributed by atoms with E-state index in [0.29, 0.717) is 36.9 Å². The van der Waals surface area contributed by atoms with E-state index >= 15 is 0 Å². The summed E-state index contributed by atoms with van der Waals surface area (Å²) in [5, 5.41) is 39.7. The molecule has 0 aliphatic carbocycles. The summed E-state index contributed by atoms with van der Waals surface area (Å²) < 4.78 is 11.9. The first kappa shape index (κ1) is 25.0. The van der Waals surface area contributed by atoms with Crippen molar-refractivity contribution < 1.29 is 34.8 Å². The highest BCUT2D eigenvalue weighted by molar-refractivity contribution is 7.51. The van der Waals surface area contributed by atoms with Gasteiger partial charge in [-0.2, -0.15) is 0 Å². The molecule has 0 heterocycles. The quantitative estimate of drug-likeness (QED) is 0.179. The van der Waals surface area contributed by atoms with Gasteiger partial charge in [-0.1, -0.05) is 24.6 Å². The van der Waals surface area contributed by atoms with Gasteiger partial charge in [0.05, 0.1) is 13.2 Å². The maximum absolute atomic E-state index is 11.9. The largest absolute Gasteiger partial charge is 0.507 e. The van der Waals surface area contributed by atoms with Gasteiger partial charge in [-0.15, -0.1) is 0 Å². The number of unbranched alkanes of at least 4 members (excludes halogenated alkanes) is 1. The Hall–Kier alpha value is -1.03. The number of nitrogens with two attached hydrogens (primary N) is 1. The first-order valence-corrected chi connectivity index (χ1v) is 11.1. The van der Waals surface area contributed by atoms with Crippen LogP contribution in [0.4, 0.5) is 0 Å². The average Bonchev–Trinajstić information content (AvgIpc) is 2.64. The summed E-state index contributed by atoms with van der Waals surface area (Å²) in [5.74, 6) is -0.161. The van der Waals surface area contributed by atoms with Crippen LogP contribution in [0.15, 0.2) is 18.2 Å². The predicted molar refractivity (Wildman–Crippen MR) is 106 cm³/mol. The Morgan fingerprint density at radius 3 is 2.36 bits per heavy atom. The number of nitrogens with zero attached hydrogens (tertiary/aromatic N) is 1. The molecule has 0 aliphatic rings. The van der Waals surface area contributed by atoms with E-state index in [4.69, 9.17) is 5.73 Å². The van der Waals surface area contributed by atoms with E-state index < -0.39 is 32.1 Å². The Kier molecular flexibility index (Phi) is 10.0. The van der Waals surface area contributed by atoms with Gasteiger partial charge in [0.15, 0.2) is 0 Å². The normalized spacial score (nSPS) is 15.6. The van der Waals surface area contributed by atoms with Gasteiger partial charge in [-0.3, -0.25) is 9.46 Å². The summed E-state index contributed by atoms with van der Waals surface area (Å²) in [7, 11) is -4.52. The van der Waals surface area contributed by atoms with Crippen molar-refractivity contribution in [2.45, 2.75) is 50.8 Å². The standard InChI is InChI=1S/C18H33N2O7P/c1-14(16-6-4-5-15(11-22)17(16)24)20(13-28(25,26)27)18(12-23,8-10-21)7-2-3-9-19/h4-6,14,21-24H,2-3,7-13,19H2,1H3,(H2,25,26,27). The molecule has 0 bridgehead atoms. The summed E-state index contributed by atoms with van der Waals surface area (Å²) in [6.07, 6.45) is 1.08. The minimum absolute atomic E-state index is 0.0961. The number of phenols is 1. The molecule has 1 rings (SSSR count). The summed E-state index contributed by atoms with van der Waals surface area (Å²) in [6, 6.07) is 4.09. The molecule has 8 N–H and O–H groups in total. The second-order valence-corrected chi connectivity index (χ2v) is 8.68. The number of aliphatic hydroxyl groups excluding tert-OH is 3. The van der Waals surface area contributed by atoms with E-state index in [2.05, 4.69) is 0 Å². The zero-order valence-corrected chi connectivity index (χ0v) is 17.1. The molecule has 1 aromatic carbocycles. The monoisotopic (exact) mass is 420 g/mol. The second-order valence-electron chi connectivity index (χ2n) is 7.07. The third kappa shape index (κ3) is 6.50. The van der Waals surface area contributed by atoms with E-state index in [9.17, 15) is 34.8 Å². The second kappa shape index (κ2) is 11.2. The SMILES string of the molecule is CC(c1cccc(CO)c1O)N(CP(=O)(O)O)C(CO)(CCO)CCCCN. The van der Waals surface area contributed by atoms with Crippen LogP contribution in [0.1, 0.15) is 49.8 Å². The lowest BCUT2D eigenvalue weighted by Gasteiger charge is -2.46. The van der Waals surface area contributed by atoms with Crippen molar-refractivity contribution in [3.05, 3.63) is 29.3 Å². The molecule has 2 unspecified atom stereocenters. The highest BCUT2D eigenvalue weighted by Gasteiger charge is 2.42. The average molecular weight is 420 g/mol. The number of hydrogen-bond acceptors (Lipinski definition) is 7. The molecule has 0 fully saturated rings. The molecular weight excluding hydrogens is 387 g/mol. The van der Waals surface area contributed by atoms with Crippen LogP contribution in [-0.4, -0.2) is 66.7 Å². The highest BCUT2D eigenvalue weighted by Crippen LogP contribution is 2.45. The summed E-state index contributed by atoms with van der Waals surface area (Å²) in [4.78, 5) is 20.8. The van der Waals surface area contributed by atoms with Crippen molar-refractivity contribution in [1.29, 1.82) is 0 Å². The van der Waals surface area contributed by atoms with Crippen LogP contribution in [0, 0.1) is 0 Å². The van der Waals surface area contributed by atoms with Gasteiger partial charge in [-0.25, -0.2) is 0 Å². The Morgan fingerprint density at radius 1 is 1.18 bits per heavy atom. The summed E-state index contributed by atoms with van der Waals surface area (Å²) in [6.45, 7) is 1.01. The molecule has 0 aromatic heterocycles. The van der Waals surface area contributed by atoms with Crippen molar-refractivity contribution >= 4 is 7.60 Å². The Labute approximate surface area is 165 Å². The minimum atomic E-state index is -4.52. The lowest BCUT2D eigenvalue weighted by molar-refractivity contribution is -0.0136. The Bertz CT molecular complexity index is 655. The van der Waals surface area contributed by atoms with Crippen molar-refractivity contribution in [2.75, 3.05) is 26.0 Å². The minimum Gasteiger partial charge on any atom is -0.507 e. The molecule has 0 amide bonds. The van der Waals surface area contributed by atoms with E-state index in [0.717, 1.165) is 0 Å². The van der Waals surface area contributed by atoms with Crippen molar-refractivity contribution in [3.8, 4) is 5.75 Å². The molecule has 9 nitrogen and oxygen atoms in total. The van der Waals surface area contributed by atoms with E-state index in [-0.39, 0.29) is 25.4 Å². The molecule has 0 spiro atoms. The van der Waals surface area contributed by atoms with E-state index in [1.807, 2.05) is 0 Å². The van der Waals surface area contributed by atoms with E-state index in [1.54, 1.807) is 25.1 Å². The fourth-order valence-corrected chi connectivity index (χ4v) is 4.54. The molecule has 162 valence electrons. The molecule has 28 heavy (non-hydrogen) atoms. The fourth-order valence-electron chi connectivity index (χ4n) is 3.59. The molecule has 0 saturated heterocycles. The number of aromatic hydroxyl groups is 1. The van der Waals surface area contributed by atoms with Crippen LogP contribution in [0.3, 0.4) is 0 Å². The van der Waals surface area contributed by atoms with Crippen LogP contribution >= 0.6 is 7.60 Å². The van der Waals surface area contributed by atoms with Gasteiger partial charge in [0.25, 0.3) is 0 Å². The third-order valence-electron chi connectivity index (χ3n) is 5.15. The first-order chi connectivity index (χ1) is 13.2. The zero-order chi connectivity index (χ0) is 21.4. The van der Waals surface area contributed by atoms with Crippen LogP contribution in [0.25, 0.3) is 0 Å². The van der Waals surface area contributed by atoms with Gasteiger partial charge >= 0.3 is 7.60 Å². The lowest BCUT2D eigenvalue weighted by atomic mass is 9.86. The third-order valence-corrected chi connectivity index (χ3v) is 5.83. The van der Waals surface area contributed by atoms with E-state index in [1.165, 1.54) is 4.90 Å². The van der Waals surface area contributed by atoms with Gasteiger partial charge < -0.3 is 35.9 Å². The Balaban J connectivity index is 3.44. The molecule has 0 aliphatic heterocycles. The van der Waals surface area contributed by atoms with Crippen molar-refractivity contribution in [1.82, 2.24) is 4.90 Å². The summed E-state index contributed by atoms with van der Waals surface area (Å²) in [5.41, 5.74) is 5.10. The predicted octanol–water partition coefficient (Wildman–Crippen LogP) is 0.625. The molecular formula is C18H33N2O7P. The highest BCUT2D eigenvalue weighted by atomic mass is 31.2. The number of rotatable bonds is 13. The van der Waals surface area contributed by atoms with Crippen LogP contribution in [-0.2, 0) is 11.2 Å². The lowest BCUT2D eigenvalue weighted by Crippen LogP contribution is -2.53. The van der Waals surface area contributed by atoms with Crippen LogP contribution in [0.2, 0.25) is 0 Å². The maximum atomic E-state index is 11.9. The first-order valence-electron chi connectivity index (χ1n) is 9.30. The van der Waals surface area contributed by atoms with Gasteiger partial charge in [0, 0.05) is 29.3 Å². The summed E-state index contributed by atoms with van der Waals surface area (Å²) >= 11 is 0. The molecule has 0 saturated carbocycles. The van der Waals surface area contributed by atoms with Crippen molar-refractivity contribution in [3.63, 3.8) is 0 Å². The molecule has 1 aromatic rings. The van der Waals surface area contributed by atoms with Gasteiger partial charge in [0.1, 0.15) is 12.0 Å². The fraction of sp³-hybridized carbons (Fsp3) is 0.667. The van der Waals surface area contributed by atoms with Gasteiger partial charge in [0.2, 0.25) is 0 Å². The number of para-hydroxylation sites is 1. The number of aliphatic hydroxyl groups is 3. The smallest absolute Gasteiger partial charge is 0.339 e. The topological polar surface area (TPSA) is 168 Å². The Morgan fingerprint density at radius 2 is 1.86 bits per heavy atom. The maximum Gasteiger partial charge on any atom is 0.339 e. The van der Waals surface area contributed by atoms with Crippen LogP contribution in [0.5, 0.6) is 5.75 Å². The molecule has 10 heteroatoms. The number of benzene rings is 1. The van der Waals surface area contributed by atoms with Crippen molar-refractivity contribution in [2.24, 2.45) is 5.73 Å². The molecule has 0 radical (unpaired) electrons. The zero-order valence-electron chi connectivity index (χ0n) is 16.2. The molecule has 2 atom stereocenters. The number of hydrogen-bond donors (Lipinski definition) is 7. The van der Waals surface area contributed by atoms with Gasteiger partial charge in [-0.05, 0) is 32.7 Å².